The van der Waals surface area contributed by atoms with Crippen LogP contribution in [0.25, 0.3) is 0 Å². The van der Waals surface area contributed by atoms with Gasteiger partial charge in [-0.3, -0.25) is 9.78 Å². The van der Waals surface area contributed by atoms with Gasteiger partial charge in [-0.05, 0) is 37.6 Å². The summed E-state index contributed by atoms with van der Waals surface area (Å²) in [5, 5.41) is 3.52. The van der Waals surface area contributed by atoms with E-state index in [1.165, 1.54) is 6.20 Å². The van der Waals surface area contributed by atoms with Crippen molar-refractivity contribution in [3.05, 3.63) is 58.4 Å². The molecule has 20 heavy (non-hydrogen) atoms. The second kappa shape index (κ2) is 5.92. The number of carbonyl (C=O) groups excluding carboxylic acids is 1. The maximum Gasteiger partial charge on any atom is 0.255 e. The van der Waals surface area contributed by atoms with Crippen molar-refractivity contribution in [2.45, 2.75) is 19.9 Å². The van der Waals surface area contributed by atoms with Gasteiger partial charge in [0.15, 0.2) is 0 Å². The molecule has 3 N–H and O–H groups in total. The molecule has 0 saturated carbocycles. The molecule has 1 heterocycles. The predicted octanol–water partition coefficient (Wildman–Crippen LogP) is 3.12. The molecule has 1 atom stereocenters. The van der Waals surface area contributed by atoms with Gasteiger partial charge in [-0.1, -0.05) is 23.7 Å². The Kier molecular flexibility index (Phi) is 4.25. The number of nitrogens with one attached hydrogen (secondary N) is 1. The molecule has 1 aromatic heterocycles. The zero-order chi connectivity index (χ0) is 14.7. The number of amides is 1. The average molecular weight is 290 g/mol. The number of aryl methyl sites for hydroxylation is 1. The molecule has 2 rings (SSSR count). The SMILES string of the molecule is Cc1cc(N)c(C(=O)NC(C)c2cccc(Cl)c2)cn1. The van der Waals surface area contributed by atoms with Crippen LogP contribution in [-0.4, -0.2) is 10.9 Å². The molecular weight excluding hydrogens is 274 g/mol. The van der Waals surface area contributed by atoms with Crippen molar-refractivity contribution < 1.29 is 4.79 Å². The van der Waals surface area contributed by atoms with Crippen molar-refractivity contribution in [1.29, 1.82) is 0 Å². The number of nitrogens with two attached hydrogens (primary N) is 1. The lowest BCUT2D eigenvalue weighted by atomic mass is 10.1. The van der Waals surface area contributed by atoms with E-state index in [9.17, 15) is 4.79 Å². The van der Waals surface area contributed by atoms with Crippen molar-refractivity contribution in [1.82, 2.24) is 10.3 Å². The Morgan fingerprint density at radius 2 is 2.15 bits per heavy atom. The maximum atomic E-state index is 12.2. The zero-order valence-electron chi connectivity index (χ0n) is 11.4. The van der Waals surface area contributed by atoms with Crippen LogP contribution in [0.15, 0.2) is 36.5 Å². The standard InChI is InChI=1S/C15H16ClN3O/c1-9-6-14(17)13(8-18-9)15(20)19-10(2)11-4-3-5-12(16)7-11/h3-8,10H,1-2H3,(H2,17,18)(H,19,20). The van der Waals surface area contributed by atoms with Gasteiger partial charge in [0.1, 0.15) is 0 Å². The molecular formula is C15H16ClN3O. The van der Waals surface area contributed by atoms with E-state index in [1.807, 2.05) is 32.0 Å². The number of aromatic nitrogens is 1. The van der Waals surface area contributed by atoms with E-state index in [-0.39, 0.29) is 11.9 Å². The lowest BCUT2D eigenvalue weighted by Gasteiger charge is -2.15. The molecule has 0 aliphatic heterocycles. The number of nitrogens with zero attached hydrogens (tertiary/aromatic N) is 1. The fourth-order valence-corrected chi connectivity index (χ4v) is 2.10. The molecule has 4 nitrogen and oxygen atoms in total. The number of hydrogen-bond acceptors (Lipinski definition) is 3. The van der Waals surface area contributed by atoms with Crippen molar-refractivity contribution in [3.8, 4) is 0 Å². The van der Waals surface area contributed by atoms with Crippen LogP contribution in [0.3, 0.4) is 0 Å². The minimum atomic E-state index is -0.248. The summed E-state index contributed by atoms with van der Waals surface area (Å²) in [5.74, 6) is -0.248. The molecule has 1 unspecified atom stereocenters. The average Bonchev–Trinajstić information content (AvgIpc) is 2.38. The van der Waals surface area contributed by atoms with Gasteiger partial charge in [-0.25, -0.2) is 0 Å². The van der Waals surface area contributed by atoms with Crippen LogP contribution in [0.4, 0.5) is 5.69 Å². The van der Waals surface area contributed by atoms with Crippen molar-refractivity contribution in [2.75, 3.05) is 5.73 Å². The van der Waals surface area contributed by atoms with Gasteiger partial charge >= 0.3 is 0 Å². The molecule has 0 aliphatic carbocycles. The lowest BCUT2D eigenvalue weighted by molar-refractivity contribution is 0.0940. The number of pyridine rings is 1. The van der Waals surface area contributed by atoms with Crippen LogP contribution in [-0.2, 0) is 0 Å². The number of hydrogen-bond donors (Lipinski definition) is 2. The second-order valence-corrected chi connectivity index (χ2v) is 5.10. The Labute approximate surface area is 123 Å². The highest BCUT2D eigenvalue weighted by Crippen LogP contribution is 2.19. The molecule has 5 heteroatoms. The third-order valence-corrected chi connectivity index (χ3v) is 3.25. The Bertz CT molecular complexity index is 643. The highest BCUT2D eigenvalue weighted by Gasteiger charge is 2.14. The zero-order valence-corrected chi connectivity index (χ0v) is 12.1. The number of benzene rings is 1. The Morgan fingerprint density at radius 3 is 2.80 bits per heavy atom. The van der Waals surface area contributed by atoms with Gasteiger partial charge < -0.3 is 11.1 Å². The van der Waals surface area contributed by atoms with Gasteiger partial charge in [0, 0.05) is 22.6 Å². The van der Waals surface area contributed by atoms with E-state index in [2.05, 4.69) is 10.3 Å². The van der Waals surface area contributed by atoms with Crippen molar-refractivity contribution >= 4 is 23.2 Å². The van der Waals surface area contributed by atoms with Crippen LogP contribution < -0.4 is 11.1 Å². The fraction of sp³-hybridized carbons (Fsp3) is 0.200. The predicted molar refractivity (Wildman–Crippen MR) is 80.7 cm³/mol. The molecule has 0 spiro atoms. The highest BCUT2D eigenvalue weighted by molar-refractivity contribution is 6.30. The molecule has 1 aromatic carbocycles. The van der Waals surface area contributed by atoms with E-state index in [0.29, 0.717) is 16.3 Å². The Morgan fingerprint density at radius 1 is 1.40 bits per heavy atom. The van der Waals surface area contributed by atoms with E-state index < -0.39 is 0 Å². The van der Waals surface area contributed by atoms with Crippen molar-refractivity contribution in [3.63, 3.8) is 0 Å². The first-order chi connectivity index (χ1) is 9.47. The molecule has 104 valence electrons. The van der Waals surface area contributed by atoms with Gasteiger partial charge in [0.25, 0.3) is 5.91 Å². The summed E-state index contributed by atoms with van der Waals surface area (Å²) in [4.78, 5) is 16.3. The summed E-state index contributed by atoms with van der Waals surface area (Å²) in [6.45, 7) is 3.72. The first kappa shape index (κ1) is 14.3. The van der Waals surface area contributed by atoms with Crippen LogP contribution >= 0.6 is 11.6 Å². The van der Waals surface area contributed by atoms with Gasteiger partial charge in [-0.2, -0.15) is 0 Å². The second-order valence-electron chi connectivity index (χ2n) is 4.66. The summed E-state index contributed by atoms with van der Waals surface area (Å²) in [7, 11) is 0. The van der Waals surface area contributed by atoms with E-state index in [1.54, 1.807) is 12.1 Å². The van der Waals surface area contributed by atoms with E-state index in [0.717, 1.165) is 11.3 Å². The minimum Gasteiger partial charge on any atom is -0.398 e. The van der Waals surface area contributed by atoms with E-state index >= 15 is 0 Å². The molecule has 0 aliphatic rings. The summed E-state index contributed by atoms with van der Waals surface area (Å²) in [5.41, 5.74) is 8.36. The molecule has 0 bridgehead atoms. The maximum absolute atomic E-state index is 12.2. The largest absolute Gasteiger partial charge is 0.398 e. The number of rotatable bonds is 3. The summed E-state index contributed by atoms with van der Waals surface area (Å²) in [6.07, 6.45) is 1.49. The first-order valence-corrected chi connectivity index (χ1v) is 6.63. The summed E-state index contributed by atoms with van der Waals surface area (Å²) < 4.78 is 0. The van der Waals surface area contributed by atoms with Gasteiger partial charge in [-0.15, -0.1) is 0 Å². The third kappa shape index (κ3) is 3.27. The number of carbonyl (C=O) groups is 1. The lowest BCUT2D eigenvalue weighted by Crippen LogP contribution is -2.27. The van der Waals surface area contributed by atoms with Gasteiger partial charge in [0.2, 0.25) is 0 Å². The molecule has 1 amide bonds. The fourth-order valence-electron chi connectivity index (χ4n) is 1.90. The van der Waals surface area contributed by atoms with Gasteiger partial charge in [0.05, 0.1) is 11.6 Å². The van der Waals surface area contributed by atoms with Crippen LogP contribution in [0, 0.1) is 6.92 Å². The topological polar surface area (TPSA) is 68.0 Å². The molecule has 0 saturated heterocycles. The molecule has 2 aromatic rings. The summed E-state index contributed by atoms with van der Waals surface area (Å²) in [6, 6.07) is 8.89. The third-order valence-electron chi connectivity index (χ3n) is 3.01. The Balaban J connectivity index is 2.15. The number of nitrogen functional groups attached to an aromatic ring is 1. The van der Waals surface area contributed by atoms with E-state index in [4.69, 9.17) is 17.3 Å². The quantitative estimate of drug-likeness (QED) is 0.912. The monoisotopic (exact) mass is 289 g/mol. The highest BCUT2D eigenvalue weighted by atomic mass is 35.5. The number of halogens is 1. The smallest absolute Gasteiger partial charge is 0.255 e. The van der Waals surface area contributed by atoms with Crippen LogP contribution in [0.2, 0.25) is 5.02 Å². The molecule has 0 fully saturated rings. The van der Waals surface area contributed by atoms with Crippen LogP contribution in [0.5, 0.6) is 0 Å². The molecule has 0 radical (unpaired) electrons. The van der Waals surface area contributed by atoms with Crippen LogP contribution in [0.1, 0.15) is 34.6 Å². The number of anilines is 1. The first-order valence-electron chi connectivity index (χ1n) is 6.26. The Hall–Kier alpha value is -2.07. The summed E-state index contributed by atoms with van der Waals surface area (Å²) >= 11 is 5.94. The van der Waals surface area contributed by atoms with Crippen molar-refractivity contribution in [2.24, 2.45) is 0 Å². The minimum absolute atomic E-state index is 0.165. The normalized spacial score (nSPS) is 11.9.